The molecule has 0 spiro atoms. The van der Waals surface area contributed by atoms with Gasteiger partial charge in [-0.15, -0.1) is 0 Å². The molecule has 31 heavy (non-hydrogen) atoms. The van der Waals surface area contributed by atoms with E-state index in [-0.39, 0.29) is 5.91 Å². The number of anilines is 1. The number of hydrogen-bond acceptors (Lipinski definition) is 6. The zero-order valence-electron chi connectivity index (χ0n) is 16.7. The summed E-state index contributed by atoms with van der Waals surface area (Å²) in [6, 6.07) is 17.5. The molecule has 0 radical (unpaired) electrons. The maximum atomic E-state index is 13.2. The second kappa shape index (κ2) is 7.88. The van der Waals surface area contributed by atoms with E-state index < -0.39 is 0 Å². The van der Waals surface area contributed by atoms with Gasteiger partial charge in [-0.1, -0.05) is 30.3 Å². The van der Waals surface area contributed by atoms with E-state index in [0.717, 1.165) is 11.3 Å². The number of fused-ring (bicyclic) bond motifs is 1. The van der Waals surface area contributed by atoms with Crippen LogP contribution in [0.5, 0.6) is 0 Å². The van der Waals surface area contributed by atoms with E-state index in [4.69, 9.17) is 0 Å². The van der Waals surface area contributed by atoms with Crippen LogP contribution < -0.4 is 4.90 Å². The van der Waals surface area contributed by atoms with Crippen LogP contribution in [-0.2, 0) is 0 Å². The van der Waals surface area contributed by atoms with E-state index in [9.17, 15) is 10.1 Å². The van der Waals surface area contributed by atoms with Crippen molar-refractivity contribution in [2.75, 3.05) is 31.1 Å². The van der Waals surface area contributed by atoms with Gasteiger partial charge >= 0.3 is 0 Å². The fourth-order valence-electron chi connectivity index (χ4n) is 3.90. The van der Waals surface area contributed by atoms with Crippen molar-refractivity contribution < 1.29 is 4.79 Å². The first-order valence-electron chi connectivity index (χ1n) is 10.0. The summed E-state index contributed by atoms with van der Waals surface area (Å²) in [5.74, 6) is 0.580. The molecule has 1 aliphatic rings. The van der Waals surface area contributed by atoms with Crippen LogP contribution >= 0.6 is 0 Å². The van der Waals surface area contributed by atoms with Gasteiger partial charge in [0.1, 0.15) is 17.5 Å². The molecule has 3 aromatic heterocycles. The molecule has 1 amide bonds. The first kappa shape index (κ1) is 18.8. The Morgan fingerprint density at radius 2 is 1.74 bits per heavy atom. The Morgan fingerprint density at radius 3 is 2.52 bits per heavy atom. The third-order valence-corrected chi connectivity index (χ3v) is 5.47. The minimum atomic E-state index is -0.0890. The van der Waals surface area contributed by atoms with Crippen molar-refractivity contribution in [3.05, 3.63) is 78.2 Å². The second-order valence-corrected chi connectivity index (χ2v) is 7.26. The van der Waals surface area contributed by atoms with Gasteiger partial charge in [0.15, 0.2) is 5.65 Å². The molecule has 0 aliphatic carbocycles. The Kier molecular flexibility index (Phi) is 4.77. The Morgan fingerprint density at radius 1 is 0.935 bits per heavy atom. The zero-order chi connectivity index (χ0) is 21.2. The molecular weight excluding hydrogens is 390 g/mol. The number of rotatable bonds is 3. The smallest absolute Gasteiger partial charge is 0.259 e. The second-order valence-electron chi connectivity index (χ2n) is 7.26. The van der Waals surface area contributed by atoms with E-state index >= 15 is 0 Å². The molecule has 8 heteroatoms. The fourth-order valence-corrected chi connectivity index (χ4v) is 3.90. The molecule has 4 aromatic rings. The summed E-state index contributed by atoms with van der Waals surface area (Å²) in [5.41, 5.74) is 3.47. The van der Waals surface area contributed by atoms with Crippen molar-refractivity contribution in [2.45, 2.75) is 0 Å². The molecule has 1 aromatic carbocycles. The maximum Gasteiger partial charge on any atom is 0.259 e. The number of carbonyl (C=O) groups excluding carboxylic acids is 1. The van der Waals surface area contributed by atoms with Gasteiger partial charge in [0.05, 0.1) is 17.5 Å². The van der Waals surface area contributed by atoms with Crippen molar-refractivity contribution in [2.24, 2.45) is 0 Å². The third kappa shape index (κ3) is 3.36. The predicted molar refractivity (Wildman–Crippen MR) is 115 cm³/mol. The molecule has 4 heterocycles. The third-order valence-electron chi connectivity index (χ3n) is 5.47. The predicted octanol–water partition coefficient (Wildman–Crippen LogP) is 2.63. The monoisotopic (exact) mass is 409 g/mol. The first-order chi connectivity index (χ1) is 15.3. The highest BCUT2D eigenvalue weighted by Crippen LogP contribution is 2.23. The van der Waals surface area contributed by atoms with Crippen molar-refractivity contribution in [1.29, 1.82) is 5.26 Å². The van der Waals surface area contributed by atoms with Crippen LogP contribution in [0.2, 0.25) is 0 Å². The molecular formula is C23H19N7O. The van der Waals surface area contributed by atoms with Gasteiger partial charge in [-0.2, -0.15) is 10.4 Å². The van der Waals surface area contributed by atoms with Crippen LogP contribution in [0.25, 0.3) is 16.9 Å². The van der Waals surface area contributed by atoms with Gasteiger partial charge in [-0.25, -0.2) is 14.5 Å². The first-order valence-corrected chi connectivity index (χ1v) is 10.0. The largest absolute Gasteiger partial charge is 0.352 e. The van der Waals surface area contributed by atoms with Gasteiger partial charge < -0.3 is 9.80 Å². The molecule has 0 saturated carbocycles. The molecule has 152 valence electrons. The molecule has 0 unspecified atom stereocenters. The molecule has 1 saturated heterocycles. The van der Waals surface area contributed by atoms with Crippen LogP contribution in [0.4, 0.5) is 5.82 Å². The normalized spacial score (nSPS) is 13.9. The summed E-state index contributed by atoms with van der Waals surface area (Å²) >= 11 is 0. The summed E-state index contributed by atoms with van der Waals surface area (Å²) in [6.45, 7) is 2.30. The summed E-state index contributed by atoms with van der Waals surface area (Å²) in [7, 11) is 0. The van der Waals surface area contributed by atoms with Crippen molar-refractivity contribution in [3.63, 3.8) is 0 Å². The lowest BCUT2D eigenvalue weighted by atomic mass is 10.1. The number of amides is 1. The lowest BCUT2D eigenvalue weighted by molar-refractivity contribution is 0.0748. The molecule has 8 nitrogen and oxygen atoms in total. The number of piperazine rings is 1. The Balaban J connectivity index is 1.38. The van der Waals surface area contributed by atoms with Crippen LogP contribution in [0.3, 0.4) is 0 Å². The highest BCUT2D eigenvalue weighted by atomic mass is 16.2. The van der Waals surface area contributed by atoms with E-state index in [0.29, 0.717) is 48.8 Å². The van der Waals surface area contributed by atoms with E-state index in [1.165, 1.54) is 0 Å². The van der Waals surface area contributed by atoms with Gasteiger partial charge in [0.25, 0.3) is 5.91 Å². The highest BCUT2D eigenvalue weighted by Gasteiger charge is 2.26. The standard InChI is InChI=1S/C23H19N7O/c24-15-18-7-4-9-25-21(18)28-11-13-29(14-12-28)23(31)19-16-27-30-20(8-10-26-22(19)30)17-5-2-1-3-6-17/h1-10,16H,11-14H2. The number of pyridine rings is 1. The number of benzene rings is 1. The Bertz CT molecular complexity index is 1280. The Hall–Kier alpha value is -4.25. The number of nitrogens with zero attached hydrogens (tertiary/aromatic N) is 7. The average Bonchev–Trinajstić information content (AvgIpc) is 3.28. The summed E-state index contributed by atoms with van der Waals surface area (Å²) in [5, 5.41) is 13.8. The number of carbonyl (C=O) groups is 1. The topological polar surface area (TPSA) is 90.4 Å². The van der Waals surface area contributed by atoms with Crippen LogP contribution in [-0.4, -0.2) is 56.6 Å². The van der Waals surface area contributed by atoms with E-state index in [1.807, 2.05) is 41.3 Å². The number of aromatic nitrogens is 4. The van der Waals surface area contributed by atoms with Crippen LogP contribution in [0.15, 0.2) is 67.1 Å². The van der Waals surface area contributed by atoms with Gasteiger partial charge in [-0.3, -0.25) is 4.79 Å². The molecule has 0 bridgehead atoms. The molecule has 1 fully saturated rings. The molecule has 5 rings (SSSR count). The number of nitriles is 1. The molecule has 1 aliphatic heterocycles. The fraction of sp³-hybridized carbons (Fsp3) is 0.174. The molecule has 0 atom stereocenters. The van der Waals surface area contributed by atoms with Crippen molar-refractivity contribution in [1.82, 2.24) is 24.5 Å². The Labute approximate surface area is 179 Å². The van der Waals surface area contributed by atoms with Crippen molar-refractivity contribution in [3.8, 4) is 17.3 Å². The SMILES string of the molecule is N#Cc1cccnc1N1CCN(C(=O)c2cnn3c(-c4ccccc4)ccnc23)CC1. The zero-order valence-corrected chi connectivity index (χ0v) is 16.7. The molecule has 0 N–H and O–H groups in total. The quantitative estimate of drug-likeness (QED) is 0.517. The average molecular weight is 409 g/mol. The summed E-state index contributed by atoms with van der Waals surface area (Å²) < 4.78 is 1.71. The van der Waals surface area contributed by atoms with Gasteiger partial charge in [-0.05, 0) is 18.2 Å². The van der Waals surface area contributed by atoms with Gasteiger partial charge in [0.2, 0.25) is 0 Å². The minimum absolute atomic E-state index is 0.0890. The maximum absolute atomic E-state index is 13.2. The van der Waals surface area contributed by atoms with Crippen LogP contribution in [0.1, 0.15) is 15.9 Å². The lowest BCUT2D eigenvalue weighted by Crippen LogP contribution is -2.49. The highest BCUT2D eigenvalue weighted by molar-refractivity contribution is 6.00. The summed E-state index contributed by atoms with van der Waals surface area (Å²) in [6.07, 6.45) is 4.98. The van der Waals surface area contributed by atoms with Crippen LogP contribution in [0, 0.1) is 11.3 Å². The minimum Gasteiger partial charge on any atom is -0.352 e. The van der Waals surface area contributed by atoms with Crippen molar-refractivity contribution >= 4 is 17.4 Å². The van der Waals surface area contributed by atoms with E-state index in [1.54, 1.807) is 40.1 Å². The van der Waals surface area contributed by atoms with Gasteiger partial charge in [0, 0.05) is 44.1 Å². The number of hydrogen-bond donors (Lipinski definition) is 0. The lowest BCUT2D eigenvalue weighted by Gasteiger charge is -2.35. The summed E-state index contributed by atoms with van der Waals surface area (Å²) in [4.78, 5) is 25.9. The van der Waals surface area contributed by atoms with E-state index in [2.05, 4.69) is 21.1 Å².